The Labute approximate surface area is 176 Å². The summed E-state index contributed by atoms with van der Waals surface area (Å²) in [6.07, 6.45) is 8.33. The van der Waals surface area contributed by atoms with Crippen LogP contribution in [0.3, 0.4) is 0 Å². The molecule has 2 aromatic carbocycles. The molecule has 0 amide bonds. The molecule has 0 N–H and O–H groups in total. The second-order valence-electron chi connectivity index (χ2n) is 8.22. The van der Waals surface area contributed by atoms with Crippen molar-refractivity contribution in [3.63, 3.8) is 0 Å². The van der Waals surface area contributed by atoms with Crippen molar-refractivity contribution in [2.45, 2.75) is 51.5 Å². The fraction of sp³-hybridized carbons (Fsp3) is 0.417. The van der Waals surface area contributed by atoms with Crippen LogP contribution in [0.5, 0.6) is 0 Å². The summed E-state index contributed by atoms with van der Waals surface area (Å²) in [6, 6.07) is 21.5. The molecule has 0 atom stereocenters. The van der Waals surface area contributed by atoms with Gasteiger partial charge in [0.15, 0.2) is 0 Å². The Balaban J connectivity index is 2.10. The number of hydrogen-bond donors (Lipinski definition) is 0. The van der Waals surface area contributed by atoms with Crippen LogP contribution in [0.1, 0.15) is 46.5 Å². The average molecular weight is 408 g/mol. The van der Waals surface area contributed by atoms with E-state index in [2.05, 4.69) is 104 Å². The lowest BCUT2D eigenvalue weighted by Crippen LogP contribution is -2.66. The minimum Gasteiger partial charge on any atom is -0.407 e. The molecule has 2 rings (SSSR count). The molecule has 0 unspecified atom stereocenters. The van der Waals surface area contributed by atoms with E-state index < -0.39 is 8.32 Å². The summed E-state index contributed by atoms with van der Waals surface area (Å²) in [5, 5.41) is 6.22. The van der Waals surface area contributed by atoms with Gasteiger partial charge in [-0.15, -0.1) is 0 Å². The standard InChI is InChI=1S/C24H33N3OSi/c1-24(2,3)29(22-16-10-8-11-17-22,23-18-12-9-13-19-23)28-21-15-7-5-4-6-14-20-26-27-25/h5,7-13,16-19H,4,6,14-15,20-21H2,1-3H3. The van der Waals surface area contributed by atoms with E-state index in [1.807, 2.05) is 0 Å². The van der Waals surface area contributed by atoms with Gasteiger partial charge in [-0.1, -0.05) is 98.7 Å². The van der Waals surface area contributed by atoms with Crippen LogP contribution < -0.4 is 10.4 Å². The van der Waals surface area contributed by atoms with E-state index in [0.29, 0.717) is 13.2 Å². The van der Waals surface area contributed by atoms with Crippen LogP contribution in [0.4, 0.5) is 0 Å². The summed E-state index contributed by atoms with van der Waals surface area (Å²) in [5.41, 5.74) is 8.29. The second kappa shape index (κ2) is 11.6. The Kier molecular flexibility index (Phi) is 9.19. The third-order valence-electron chi connectivity index (χ3n) is 5.13. The zero-order valence-electron chi connectivity index (χ0n) is 17.9. The van der Waals surface area contributed by atoms with E-state index in [-0.39, 0.29) is 5.04 Å². The van der Waals surface area contributed by atoms with Crippen molar-refractivity contribution in [3.05, 3.63) is 83.3 Å². The van der Waals surface area contributed by atoms with Gasteiger partial charge >= 0.3 is 0 Å². The highest BCUT2D eigenvalue weighted by Gasteiger charge is 2.49. The first-order chi connectivity index (χ1) is 14.0. The minimum absolute atomic E-state index is 0.0146. The van der Waals surface area contributed by atoms with Crippen molar-refractivity contribution in [1.29, 1.82) is 0 Å². The van der Waals surface area contributed by atoms with Gasteiger partial charge in [-0.25, -0.2) is 0 Å². The molecule has 0 aromatic heterocycles. The monoisotopic (exact) mass is 407 g/mol. The van der Waals surface area contributed by atoms with Gasteiger partial charge in [0.25, 0.3) is 8.32 Å². The lowest BCUT2D eigenvalue weighted by atomic mass is 10.2. The maximum Gasteiger partial charge on any atom is 0.261 e. The van der Waals surface area contributed by atoms with E-state index in [0.717, 1.165) is 25.7 Å². The summed E-state index contributed by atoms with van der Waals surface area (Å²) in [6.45, 7) is 8.21. The molecular weight excluding hydrogens is 374 g/mol. The highest BCUT2D eigenvalue weighted by molar-refractivity contribution is 6.99. The first-order valence-corrected chi connectivity index (χ1v) is 12.3. The number of azide groups is 1. The average Bonchev–Trinajstić information content (AvgIpc) is 2.72. The van der Waals surface area contributed by atoms with Gasteiger partial charge in [-0.2, -0.15) is 0 Å². The van der Waals surface area contributed by atoms with Crippen LogP contribution >= 0.6 is 0 Å². The summed E-state index contributed by atoms with van der Waals surface area (Å²) >= 11 is 0. The Hall–Kier alpha value is -2.33. The van der Waals surface area contributed by atoms with Crippen LogP contribution in [0.15, 0.2) is 77.9 Å². The first-order valence-electron chi connectivity index (χ1n) is 10.4. The zero-order valence-corrected chi connectivity index (χ0v) is 18.9. The maximum atomic E-state index is 8.29. The highest BCUT2D eigenvalue weighted by Crippen LogP contribution is 2.36. The predicted octanol–water partition coefficient (Wildman–Crippen LogP) is 5.99. The molecule has 2 aromatic rings. The van der Waals surface area contributed by atoms with Gasteiger partial charge in [-0.3, -0.25) is 0 Å². The number of allylic oxidation sites excluding steroid dienone is 1. The molecule has 0 saturated carbocycles. The van der Waals surface area contributed by atoms with Gasteiger partial charge in [0.1, 0.15) is 0 Å². The van der Waals surface area contributed by atoms with Crippen molar-refractivity contribution in [1.82, 2.24) is 0 Å². The van der Waals surface area contributed by atoms with Crippen molar-refractivity contribution >= 4 is 18.7 Å². The third-order valence-corrected chi connectivity index (χ3v) is 10.2. The van der Waals surface area contributed by atoms with Crippen LogP contribution in [0, 0.1) is 0 Å². The minimum atomic E-state index is -2.42. The highest BCUT2D eigenvalue weighted by atomic mass is 28.4. The fourth-order valence-electron chi connectivity index (χ4n) is 3.77. The fourth-order valence-corrected chi connectivity index (χ4v) is 8.35. The SMILES string of the molecule is CC(C)(C)[Si](OCCC=CCCCCN=[N+]=[N-])(c1ccccc1)c1ccccc1. The van der Waals surface area contributed by atoms with Crippen molar-refractivity contribution in [2.24, 2.45) is 5.11 Å². The van der Waals surface area contributed by atoms with Gasteiger partial charge in [0, 0.05) is 18.1 Å². The molecule has 29 heavy (non-hydrogen) atoms. The molecule has 0 fully saturated rings. The lowest BCUT2D eigenvalue weighted by molar-refractivity contribution is 0.304. The molecular formula is C24H33N3OSi. The number of benzene rings is 2. The molecule has 5 heteroatoms. The van der Waals surface area contributed by atoms with Gasteiger partial charge in [0.05, 0.1) is 0 Å². The molecule has 0 bridgehead atoms. The number of nitrogens with zero attached hydrogens (tertiary/aromatic N) is 3. The maximum absolute atomic E-state index is 8.29. The van der Waals surface area contributed by atoms with Crippen LogP contribution in [0.2, 0.25) is 5.04 Å². The molecule has 0 aliphatic heterocycles. The molecule has 4 nitrogen and oxygen atoms in total. The number of rotatable bonds is 11. The van der Waals surface area contributed by atoms with E-state index in [1.54, 1.807) is 0 Å². The van der Waals surface area contributed by atoms with Crippen LogP contribution in [-0.4, -0.2) is 21.5 Å². The Morgan fingerprint density at radius 1 is 0.897 bits per heavy atom. The first kappa shape index (κ1) is 23.0. The van der Waals surface area contributed by atoms with E-state index >= 15 is 0 Å². The molecule has 0 saturated heterocycles. The number of hydrogen-bond acceptors (Lipinski definition) is 2. The topological polar surface area (TPSA) is 58.0 Å². The largest absolute Gasteiger partial charge is 0.407 e. The molecule has 0 radical (unpaired) electrons. The summed E-state index contributed by atoms with van der Waals surface area (Å²) in [7, 11) is -2.42. The number of unbranched alkanes of at least 4 members (excludes halogenated alkanes) is 2. The summed E-state index contributed by atoms with van der Waals surface area (Å²) < 4.78 is 6.86. The van der Waals surface area contributed by atoms with Crippen molar-refractivity contribution in [3.8, 4) is 0 Å². The Bertz CT molecular complexity index is 754. The second-order valence-corrected chi connectivity index (χ2v) is 12.5. The molecule has 0 heterocycles. The lowest BCUT2D eigenvalue weighted by Gasteiger charge is -2.43. The summed E-state index contributed by atoms with van der Waals surface area (Å²) in [5.74, 6) is 0. The van der Waals surface area contributed by atoms with Crippen molar-refractivity contribution < 1.29 is 4.43 Å². The van der Waals surface area contributed by atoms with Crippen molar-refractivity contribution in [2.75, 3.05) is 13.2 Å². The predicted molar refractivity (Wildman–Crippen MR) is 125 cm³/mol. The quantitative estimate of drug-likeness (QED) is 0.113. The van der Waals surface area contributed by atoms with E-state index in [9.17, 15) is 0 Å². The Morgan fingerprint density at radius 2 is 1.45 bits per heavy atom. The Morgan fingerprint density at radius 3 is 1.97 bits per heavy atom. The third kappa shape index (κ3) is 6.33. The van der Waals surface area contributed by atoms with E-state index in [1.165, 1.54) is 10.4 Å². The van der Waals surface area contributed by atoms with Crippen LogP contribution in [-0.2, 0) is 4.43 Å². The molecule has 0 spiro atoms. The smallest absolute Gasteiger partial charge is 0.261 e. The zero-order chi connectivity index (χ0) is 21.0. The molecule has 0 aliphatic carbocycles. The van der Waals surface area contributed by atoms with Gasteiger partial charge in [-0.05, 0) is 46.6 Å². The van der Waals surface area contributed by atoms with E-state index in [4.69, 9.17) is 9.96 Å². The van der Waals surface area contributed by atoms with Gasteiger partial charge < -0.3 is 4.43 Å². The summed E-state index contributed by atoms with van der Waals surface area (Å²) in [4.78, 5) is 2.78. The normalized spacial score (nSPS) is 12.1. The molecule has 154 valence electrons. The van der Waals surface area contributed by atoms with Gasteiger partial charge in [0.2, 0.25) is 0 Å². The van der Waals surface area contributed by atoms with Crippen LogP contribution in [0.25, 0.3) is 10.4 Å². The molecule has 0 aliphatic rings.